The largest absolute Gasteiger partial charge is 0.481 e. The number of aliphatic carboxylic acids is 1. The Bertz CT molecular complexity index is 551. The van der Waals surface area contributed by atoms with Crippen LogP contribution in [0.3, 0.4) is 0 Å². The third kappa shape index (κ3) is 4.93. The van der Waals surface area contributed by atoms with Gasteiger partial charge in [0.2, 0.25) is 10.0 Å². The second-order valence-corrected chi connectivity index (χ2v) is 7.04. The first-order valence-corrected chi connectivity index (χ1v) is 7.92. The number of aryl methyl sites for hydroxylation is 1. The van der Waals surface area contributed by atoms with Crippen molar-refractivity contribution in [1.82, 2.24) is 14.9 Å². The standard InChI is InChI=1S/C12H21N3O4S/c1-8(2)4-10(5-12(16)17)6-14-20(18,19)11-7-13-15-9(11)3/h7-8,10,14H,4-6H2,1-3H3,(H,13,15)(H,16,17)/t10-/m0/s1. The van der Waals surface area contributed by atoms with Crippen molar-refractivity contribution in [3.05, 3.63) is 11.9 Å². The number of aromatic amines is 1. The number of aromatic nitrogens is 2. The molecular formula is C12H21N3O4S. The highest BCUT2D eigenvalue weighted by Gasteiger charge is 2.22. The van der Waals surface area contributed by atoms with E-state index in [-0.39, 0.29) is 23.8 Å². The molecule has 3 N–H and O–H groups in total. The summed E-state index contributed by atoms with van der Waals surface area (Å²) >= 11 is 0. The zero-order valence-corrected chi connectivity index (χ0v) is 12.7. The molecule has 0 aliphatic rings. The number of hydrogen-bond donors (Lipinski definition) is 3. The van der Waals surface area contributed by atoms with E-state index in [1.54, 1.807) is 6.92 Å². The average Bonchev–Trinajstić information content (AvgIpc) is 2.72. The monoisotopic (exact) mass is 303 g/mol. The van der Waals surface area contributed by atoms with Crippen molar-refractivity contribution >= 4 is 16.0 Å². The summed E-state index contributed by atoms with van der Waals surface area (Å²) < 4.78 is 26.6. The molecule has 0 amide bonds. The van der Waals surface area contributed by atoms with Crippen LogP contribution in [0, 0.1) is 18.8 Å². The van der Waals surface area contributed by atoms with Crippen LogP contribution in [0.15, 0.2) is 11.1 Å². The molecule has 0 bridgehead atoms. The number of nitrogens with zero attached hydrogens (tertiary/aromatic N) is 1. The Hall–Kier alpha value is -1.41. The van der Waals surface area contributed by atoms with Crippen LogP contribution in [0.4, 0.5) is 0 Å². The molecule has 0 fully saturated rings. The molecule has 1 aromatic rings. The molecule has 8 heteroatoms. The molecule has 114 valence electrons. The maximum atomic E-state index is 12.1. The van der Waals surface area contributed by atoms with Crippen molar-refractivity contribution in [2.45, 2.75) is 38.5 Å². The Kier molecular flexibility index (Phi) is 5.70. The van der Waals surface area contributed by atoms with E-state index < -0.39 is 16.0 Å². The summed E-state index contributed by atoms with van der Waals surface area (Å²) in [5.74, 6) is -0.844. The van der Waals surface area contributed by atoms with Gasteiger partial charge in [-0.15, -0.1) is 0 Å². The van der Waals surface area contributed by atoms with Crippen LogP contribution in [-0.2, 0) is 14.8 Å². The van der Waals surface area contributed by atoms with Crippen molar-refractivity contribution < 1.29 is 18.3 Å². The molecule has 0 aliphatic carbocycles. The maximum Gasteiger partial charge on any atom is 0.303 e. The lowest BCUT2D eigenvalue weighted by Crippen LogP contribution is -2.31. The van der Waals surface area contributed by atoms with Gasteiger partial charge in [-0.3, -0.25) is 9.89 Å². The molecule has 1 aromatic heterocycles. The number of hydrogen-bond acceptors (Lipinski definition) is 4. The first kappa shape index (κ1) is 16.6. The quantitative estimate of drug-likeness (QED) is 0.666. The van der Waals surface area contributed by atoms with E-state index in [4.69, 9.17) is 5.11 Å². The highest BCUT2D eigenvalue weighted by atomic mass is 32.2. The molecule has 0 aromatic carbocycles. The molecule has 0 spiro atoms. The molecule has 0 saturated heterocycles. The minimum absolute atomic E-state index is 0.0505. The van der Waals surface area contributed by atoms with E-state index in [1.807, 2.05) is 13.8 Å². The maximum absolute atomic E-state index is 12.1. The van der Waals surface area contributed by atoms with Crippen LogP contribution in [-0.4, -0.2) is 36.2 Å². The molecule has 7 nitrogen and oxygen atoms in total. The number of carboxylic acids is 1. The predicted molar refractivity (Wildman–Crippen MR) is 73.7 cm³/mol. The number of rotatable bonds is 8. The lowest BCUT2D eigenvalue weighted by atomic mass is 9.94. The summed E-state index contributed by atoms with van der Waals surface area (Å²) in [6, 6.07) is 0. The normalized spacial score (nSPS) is 13.6. The van der Waals surface area contributed by atoms with Crippen LogP contribution in [0.1, 0.15) is 32.4 Å². The van der Waals surface area contributed by atoms with E-state index in [1.165, 1.54) is 6.20 Å². The van der Waals surface area contributed by atoms with E-state index in [9.17, 15) is 13.2 Å². The number of nitrogens with one attached hydrogen (secondary N) is 2. The fourth-order valence-electron chi connectivity index (χ4n) is 2.07. The van der Waals surface area contributed by atoms with Gasteiger partial charge in [-0.1, -0.05) is 13.8 Å². The van der Waals surface area contributed by atoms with E-state index in [0.29, 0.717) is 18.0 Å². The third-order valence-electron chi connectivity index (χ3n) is 2.90. The molecule has 1 rings (SSSR count). The van der Waals surface area contributed by atoms with E-state index in [0.717, 1.165) is 0 Å². The molecule has 1 heterocycles. The van der Waals surface area contributed by atoms with Gasteiger partial charge in [0.1, 0.15) is 4.90 Å². The van der Waals surface area contributed by atoms with Crippen molar-refractivity contribution in [2.24, 2.45) is 11.8 Å². The van der Waals surface area contributed by atoms with Gasteiger partial charge < -0.3 is 5.11 Å². The summed E-state index contributed by atoms with van der Waals surface area (Å²) in [6.07, 6.45) is 1.84. The summed E-state index contributed by atoms with van der Waals surface area (Å²) in [5, 5.41) is 15.1. The lowest BCUT2D eigenvalue weighted by Gasteiger charge is -2.17. The van der Waals surface area contributed by atoms with Crippen LogP contribution >= 0.6 is 0 Å². The van der Waals surface area contributed by atoms with Gasteiger partial charge in [-0.05, 0) is 25.2 Å². The van der Waals surface area contributed by atoms with Crippen molar-refractivity contribution in [3.8, 4) is 0 Å². The first-order chi connectivity index (χ1) is 9.22. The Morgan fingerprint density at radius 1 is 1.50 bits per heavy atom. The van der Waals surface area contributed by atoms with Crippen LogP contribution in [0.5, 0.6) is 0 Å². The topological polar surface area (TPSA) is 112 Å². The third-order valence-corrected chi connectivity index (χ3v) is 4.44. The Morgan fingerprint density at radius 2 is 2.15 bits per heavy atom. The summed E-state index contributed by atoms with van der Waals surface area (Å²) in [4.78, 5) is 10.9. The SMILES string of the molecule is Cc1[nH]ncc1S(=O)(=O)NC[C@H](CC(=O)O)CC(C)C. The number of carbonyl (C=O) groups is 1. The fraction of sp³-hybridized carbons (Fsp3) is 0.667. The fourth-order valence-corrected chi connectivity index (χ4v) is 3.32. The Labute approximate surface area is 118 Å². The van der Waals surface area contributed by atoms with Gasteiger partial charge in [0.25, 0.3) is 0 Å². The zero-order valence-electron chi connectivity index (χ0n) is 11.9. The van der Waals surface area contributed by atoms with Gasteiger partial charge in [0.05, 0.1) is 11.9 Å². The molecule has 0 saturated carbocycles. The zero-order chi connectivity index (χ0) is 15.3. The molecular weight excluding hydrogens is 282 g/mol. The van der Waals surface area contributed by atoms with Crippen LogP contribution in [0.2, 0.25) is 0 Å². The number of sulfonamides is 1. The average molecular weight is 303 g/mol. The van der Waals surface area contributed by atoms with Gasteiger partial charge in [0.15, 0.2) is 0 Å². The van der Waals surface area contributed by atoms with Gasteiger partial charge >= 0.3 is 5.97 Å². The van der Waals surface area contributed by atoms with E-state index in [2.05, 4.69) is 14.9 Å². The minimum atomic E-state index is -3.65. The summed E-state index contributed by atoms with van der Waals surface area (Å²) in [5.41, 5.74) is 0.455. The molecule has 0 aliphatic heterocycles. The lowest BCUT2D eigenvalue weighted by molar-refractivity contribution is -0.138. The van der Waals surface area contributed by atoms with Crippen molar-refractivity contribution in [2.75, 3.05) is 6.54 Å². The summed E-state index contributed by atoms with van der Waals surface area (Å²) in [7, 11) is -3.65. The van der Waals surface area contributed by atoms with Gasteiger partial charge in [0, 0.05) is 13.0 Å². The number of carboxylic acid groups (broad SMARTS) is 1. The first-order valence-electron chi connectivity index (χ1n) is 6.43. The van der Waals surface area contributed by atoms with Crippen LogP contribution in [0.25, 0.3) is 0 Å². The molecule has 20 heavy (non-hydrogen) atoms. The Morgan fingerprint density at radius 3 is 2.60 bits per heavy atom. The highest BCUT2D eigenvalue weighted by molar-refractivity contribution is 7.89. The molecule has 0 radical (unpaired) electrons. The molecule has 0 unspecified atom stereocenters. The van der Waals surface area contributed by atoms with E-state index >= 15 is 0 Å². The predicted octanol–water partition coefficient (Wildman–Crippen LogP) is 1.13. The van der Waals surface area contributed by atoms with Gasteiger partial charge in [-0.2, -0.15) is 5.10 Å². The number of H-pyrrole nitrogens is 1. The Balaban J connectivity index is 2.71. The smallest absolute Gasteiger partial charge is 0.303 e. The molecule has 1 atom stereocenters. The summed E-state index contributed by atoms with van der Waals surface area (Å²) in [6.45, 7) is 5.68. The van der Waals surface area contributed by atoms with Crippen LogP contribution < -0.4 is 4.72 Å². The second kappa shape index (κ2) is 6.85. The van der Waals surface area contributed by atoms with Crippen molar-refractivity contribution in [1.29, 1.82) is 0 Å². The van der Waals surface area contributed by atoms with Crippen molar-refractivity contribution in [3.63, 3.8) is 0 Å². The minimum Gasteiger partial charge on any atom is -0.481 e. The second-order valence-electron chi connectivity index (χ2n) is 5.30. The highest BCUT2D eigenvalue weighted by Crippen LogP contribution is 2.17. The van der Waals surface area contributed by atoms with Gasteiger partial charge in [-0.25, -0.2) is 13.1 Å².